The molecule has 0 atom stereocenters. The monoisotopic (exact) mass is 285 g/mol. The van der Waals surface area contributed by atoms with Crippen LogP contribution in [0, 0.1) is 6.92 Å². The van der Waals surface area contributed by atoms with Gasteiger partial charge in [-0.05, 0) is 35.5 Å². The number of rotatable bonds is 3. The summed E-state index contributed by atoms with van der Waals surface area (Å²) in [6.07, 6.45) is 0.839. The summed E-state index contributed by atoms with van der Waals surface area (Å²) in [5.41, 5.74) is 7.73. The fourth-order valence-corrected chi connectivity index (χ4v) is 2.95. The summed E-state index contributed by atoms with van der Waals surface area (Å²) in [7, 11) is 0. The highest BCUT2D eigenvalue weighted by Gasteiger charge is 2.11. The third-order valence-electron chi connectivity index (χ3n) is 2.09. The van der Waals surface area contributed by atoms with E-state index in [4.69, 9.17) is 5.73 Å². The molecule has 3 nitrogen and oxygen atoms in total. The molecule has 2 aromatic heterocycles. The summed E-state index contributed by atoms with van der Waals surface area (Å²) >= 11 is 5.13. The average Bonchev–Trinajstić information content (AvgIpc) is 2.73. The van der Waals surface area contributed by atoms with Gasteiger partial charge in [0.15, 0.2) is 0 Å². The van der Waals surface area contributed by atoms with E-state index in [2.05, 4.69) is 37.3 Å². The molecule has 2 rings (SSSR count). The van der Waals surface area contributed by atoms with Gasteiger partial charge in [-0.1, -0.05) is 0 Å². The summed E-state index contributed by atoms with van der Waals surface area (Å²) in [4.78, 5) is 8.92. The number of nitrogens with one attached hydrogen (secondary N) is 1. The van der Waals surface area contributed by atoms with Crippen molar-refractivity contribution in [1.29, 1.82) is 0 Å². The van der Waals surface area contributed by atoms with Crippen LogP contribution in [0.15, 0.2) is 15.9 Å². The third-order valence-corrected chi connectivity index (χ3v) is 3.79. The van der Waals surface area contributed by atoms with Gasteiger partial charge < -0.3 is 10.7 Å². The number of H-pyrrole nitrogens is 1. The molecule has 2 heterocycles. The molecule has 0 unspecified atom stereocenters. The number of nitrogens with zero attached hydrogens (tertiary/aromatic N) is 1. The second-order valence-corrected chi connectivity index (χ2v) is 5.14. The van der Waals surface area contributed by atoms with Gasteiger partial charge >= 0.3 is 0 Å². The molecule has 0 aromatic carbocycles. The smallest absolute Gasteiger partial charge is 0.103 e. The molecule has 0 saturated heterocycles. The van der Waals surface area contributed by atoms with Crippen LogP contribution in [0.25, 0.3) is 10.6 Å². The van der Waals surface area contributed by atoms with E-state index < -0.39 is 0 Å². The molecular formula is C10H12BrN3S. The summed E-state index contributed by atoms with van der Waals surface area (Å²) in [6, 6.07) is 2.08. The number of hydrogen-bond donors (Lipinski definition) is 2. The van der Waals surface area contributed by atoms with E-state index in [1.54, 1.807) is 11.3 Å². The molecule has 15 heavy (non-hydrogen) atoms. The molecule has 80 valence electrons. The fraction of sp³-hybridized carbons (Fsp3) is 0.300. The summed E-state index contributed by atoms with van der Waals surface area (Å²) in [5, 5.41) is 2.06. The SMILES string of the molecule is Cc1nc(-c2cc(Br)cs2)c(CCN)[nH]1. The largest absolute Gasteiger partial charge is 0.346 e. The van der Waals surface area contributed by atoms with Crippen molar-refractivity contribution >= 4 is 27.3 Å². The zero-order valence-electron chi connectivity index (χ0n) is 8.38. The lowest BCUT2D eigenvalue weighted by atomic mass is 10.2. The molecule has 2 aromatic rings. The van der Waals surface area contributed by atoms with Crippen molar-refractivity contribution in [1.82, 2.24) is 9.97 Å². The number of nitrogens with two attached hydrogens (primary N) is 1. The van der Waals surface area contributed by atoms with Gasteiger partial charge in [-0.2, -0.15) is 0 Å². The van der Waals surface area contributed by atoms with Gasteiger partial charge in [0.2, 0.25) is 0 Å². The van der Waals surface area contributed by atoms with E-state index in [0.717, 1.165) is 28.1 Å². The van der Waals surface area contributed by atoms with Crippen molar-refractivity contribution < 1.29 is 0 Å². The first-order valence-electron chi connectivity index (χ1n) is 4.70. The molecule has 5 heteroatoms. The molecule has 0 spiro atoms. The Morgan fingerprint density at radius 3 is 3.00 bits per heavy atom. The number of aromatic amines is 1. The second kappa shape index (κ2) is 4.47. The summed E-state index contributed by atoms with van der Waals surface area (Å²) in [5.74, 6) is 0.943. The lowest BCUT2D eigenvalue weighted by Gasteiger charge is -1.97. The van der Waals surface area contributed by atoms with Crippen molar-refractivity contribution in [3.05, 3.63) is 27.4 Å². The van der Waals surface area contributed by atoms with Crippen molar-refractivity contribution in [2.45, 2.75) is 13.3 Å². The Morgan fingerprint density at radius 1 is 1.60 bits per heavy atom. The highest BCUT2D eigenvalue weighted by molar-refractivity contribution is 9.10. The molecule has 0 aliphatic heterocycles. The molecule has 3 N–H and O–H groups in total. The van der Waals surface area contributed by atoms with E-state index in [0.29, 0.717) is 6.54 Å². The minimum atomic E-state index is 0.640. The Bertz CT molecular complexity index is 461. The van der Waals surface area contributed by atoms with Gasteiger partial charge in [-0.15, -0.1) is 11.3 Å². The van der Waals surface area contributed by atoms with E-state index >= 15 is 0 Å². The van der Waals surface area contributed by atoms with Gasteiger partial charge in [0.05, 0.1) is 4.88 Å². The Balaban J connectivity index is 2.42. The Kier molecular flexibility index (Phi) is 3.23. The minimum Gasteiger partial charge on any atom is -0.346 e. The van der Waals surface area contributed by atoms with Crippen LogP contribution in [-0.4, -0.2) is 16.5 Å². The van der Waals surface area contributed by atoms with Gasteiger partial charge in [0, 0.05) is 22.0 Å². The van der Waals surface area contributed by atoms with Crippen molar-refractivity contribution in [2.75, 3.05) is 6.54 Å². The standard InChI is InChI=1S/C10H12BrN3S/c1-6-13-8(2-3-12)10(14-6)9-4-7(11)5-15-9/h4-5H,2-3,12H2,1H3,(H,13,14). The zero-order valence-corrected chi connectivity index (χ0v) is 10.8. The number of thiophene rings is 1. The normalized spacial score (nSPS) is 10.9. The molecule has 0 aliphatic carbocycles. The van der Waals surface area contributed by atoms with Crippen LogP contribution in [-0.2, 0) is 6.42 Å². The fourth-order valence-electron chi connectivity index (χ4n) is 1.51. The van der Waals surface area contributed by atoms with Gasteiger partial charge in [-0.3, -0.25) is 0 Å². The molecule has 0 aliphatic rings. The maximum absolute atomic E-state index is 5.57. The highest BCUT2D eigenvalue weighted by Crippen LogP contribution is 2.30. The molecular weight excluding hydrogens is 274 g/mol. The Morgan fingerprint density at radius 2 is 2.40 bits per heavy atom. The molecule has 0 amide bonds. The maximum atomic E-state index is 5.57. The van der Waals surface area contributed by atoms with E-state index in [9.17, 15) is 0 Å². The second-order valence-electron chi connectivity index (χ2n) is 3.32. The van der Waals surface area contributed by atoms with E-state index in [1.807, 2.05) is 6.92 Å². The molecule has 0 bridgehead atoms. The van der Waals surface area contributed by atoms with E-state index in [1.165, 1.54) is 4.88 Å². The summed E-state index contributed by atoms with van der Waals surface area (Å²) in [6.45, 7) is 2.60. The molecule has 0 radical (unpaired) electrons. The average molecular weight is 286 g/mol. The number of hydrogen-bond acceptors (Lipinski definition) is 3. The third kappa shape index (κ3) is 2.30. The van der Waals surface area contributed by atoms with Gasteiger partial charge in [0.25, 0.3) is 0 Å². The number of aryl methyl sites for hydroxylation is 1. The minimum absolute atomic E-state index is 0.640. The van der Waals surface area contributed by atoms with Crippen molar-refractivity contribution in [3.8, 4) is 10.6 Å². The van der Waals surface area contributed by atoms with Crippen LogP contribution in [0.3, 0.4) is 0 Å². The first-order chi connectivity index (χ1) is 7.20. The molecule has 0 fully saturated rings. The summed E-state index contributed by atoms with van der Waals surface area (Å²) < 4.78 is 1.10. The van der Waals surface area contributed by atoms with Gasteiger partial charge in [-0.25, -0.2) is 4.98 Å². The van der Waals surface area contributed by atoms with Gasteiger partial charge in [0.1, 0.15) is 11.5 Å². The van der Waals surface area contributed by atoms with Crippen LogP contribution < -0.4 is 5.73 Å². The number of halogens is 1. The Labute approximate surface area is 101 Å². The van der Waals surface area contributed by atoms with Crippen molar-refractivity contribution in [2.24, 2.45) is 5.73 Å². The topological polar surface area (TPSA) is 54.7 Å². The van der Waals surface area contributed by atoms with Crippen LogP contribution in [0.1, 0.15) is 11.5 Å². The first-order valence-corrected chi connectivity index (χ1v) is 6.38. The number of aromatic nitrogens is 2. The van der Waals surface area contributed by atoms with Crippen LogP contribution in [0.2, 0.25) is 0 Å². The maximum Gasteiger partial charge on any atom is 0.103 e. The zero-order chi connectivity index (χ0) is 10.8. The predicted molar refractivity (Wildman–Crippen MR) is 67.1 cm³/mol. The lowest BCUT2D eigenvalue weighted by Crippen LogP contribution is -2.03. The highest BCUT2D eigenvalue weighted by atomic mass is 79.9. The first kappa shape index (κ1) is 10.9. The van der Waals surface area contributed by atoms with E-state index in [-0.39, 0.29) is 0 Å². The van der Waals surface area contributed by atoms with Crippen molar-refractivity contribution in [3.63, 3.8) is 0 Å². The number of imidazole rings is 1. The lowest BCUT2D eigenvalue weighted by molar-refractivity contribution is 0.931. The Hall–Kier alpha value is -0.650. The van der Waals surface area contributed by atoms with Crippen LogP contribution in [0.5, 0.6) is 0 Å². The van der Waals surface area contributed by atoms with Crippen LogP contribution >= 0.6 is 27.3 Å². The predicted octanol–water partition coefficient (Wildman–Crippen LogP) is 2.71. The van der Waals surface area contributed by atoms with Crippen LogP contribution in [0.4, 0.5) is 0 Å². The quantitative estimate of drug-likeness (QED) is 0.911. The molecule has 0 saturated carbocycles.